The van der Waals surface area contributed by atoms with Gasteiger partial charge in [-0.25, -0.2) is 9.78 Å². The van der Waals surface area contributed by atoms with E-state index in [9.17, 15) is 14.4 Å². The standard InChI is InChI=1S/C19H23N5O3/c1-22-13-15(18(26)23(2)19(22)27)6-8-17(25)21-12-14-5-7-16(20-11-14)24-9-3-4-10-24/h5-8,11,13H,3-4,9-10,12H2,1-2H3,(H,21,25)/b8-6+. The molecule has 1 saturated heterocycles. The third kappa shape index (κ3) is 4.33. The third-order valence-electron chi connectivity index (χ3n) is 4.59. The van der Waals surface area contributed by atoms with Crippen LogP contribution in [0, 0.1) is 0 Å². The summed E-state index contributed by atoms with van der Waals surface area (Å²) in [5.74, 6) is 0.641. The van der Waals surface area contributed by atoms with Crippen molar-refractivity contribution in [1.29, 1.82) is 0 Å². The maximum Gasteiger partial charge on any atom is 0.330 e. The van der Waals surface area contributed by atoms with Gasteiger partial charge in [-0.3, -0.25) is 14.2 Å². The van der Waals surface area contributed by atoms with Gasteiger partial charge in [-0.2, -0.15) is 0 Å². The van der Waals surface area contributed by atoms with Gasteiger partial charge in [0.1, 0.15) is 5.82 Å². The van der Waals surface area contributed by atoms with Gasteiger partial charge < -0.3 is 14.8 Å². The van der Waals surface area contributed by atoms with Crippen LogP contribution in [0.4, 0.5) is 5.82 Å². The zero-order valence-electron chi connectivity index (χ0n) is 15.5. The zero-order chi connectivity index (χ0) is 19.4. The summed E-state index contributed by atoms with van der Waals surface area (Å²) in [5.41, 5.74) is 0.319. The summed E-state index contributed by atoms with van der Waals surface area (Å²) in [6.45, 7) is 2.43. The summed E-state index contributed by atoms with van der Waals surface area (Å²) in [6, 6.07) is 3.92. The molecule has 0 bridgehead atoms. The first kappa shape index (κ1) is 18.6. The lowest BCUT2D eigenvalue weighted by atomic mass is 10.2. The minimum atomic E-state index is -0.441. The van der Waals surface area contributed by atoms with E-state index in [2.05, 4.69) is 15.2 Å². The Morgan fingerprint density at radius 2 is 1.96 bits per heavy atom. The number of nitrogens with zero attached hydrogens (tertiary/aromatic N) is 4. The van der Waals surface area contributed by atoms with Crippen LogP contribution in [-0.2, 0) is 25.4 Å². The van der Waals surface area contributed by atoms with E-state index >= 15 is 0 Å². The normalized spacial score (nSPS) is 14.1. The highest BCUT2D eigenvalue weighted by atomic mass is 16.2. The molecular formula is C19H23N5O3. The first-order valence-electron chi connectivity index (χ1n) is 8.88. The van der Waals surface area contributed by atoms with E-state index in [0.717, 1.165) is 29.0 Å². The molecule has 1 amide bonds. The maximum absolute atomic E-state index is 12.0. The van der Waals surface area contributed by atoms with E-state index in [-0.39, 0.29) is 11.5 Å². The number of pyridine rings is 1. The van der Waals surface area contributed by atoms with E-state index in [0.29, 0.717) is 6.54 Å². The second-order valence-corrected chi connectivity index (χ2v) is 6.61. The number of amides is 1. The average molecular weight is 369 g/mol. The molecule has 142 valence electrons. The Bertz CT molecular complexity index is 966. The fourth-order valence-electron chi connectivity index (χ4n) is 3.02. The molecule has 0 aliphatic carbocycles. The van der Waals surface area contributed by atoms with Crippen molar-refractivity contribution in [3.63, 3.8) is 0 Å². The van der Waals surface area contributed by atoms with Gasteiger partial charge in [0.15, 0.2) is 0 Å². The molecule has 0 radical (unpaired) electrons. The molecule has 27 heavy (non-hydrogen) atoms. The summed E-state index contributed by atoms with van der Waals surface area (Å²) in [5, 5.41) is 2.76. The third-order valence-corrected chi connectivity index (χ3v) is 4.59. The van der Waals surface area contributed by atoms with E-state index in [4.69, 9.17) is 0 Å². The number of nitrogens with one attached hydrogen (secondary N) is 1. The van der Waals surface area contributed by atoms with Crippen LogP contribution in [0.3, 0.4) is 0 Å². The number of rotatable bonds is 5. The highest BCUT2D eigenvalue weighted by Gasteiger charge is 2.13. The Kier molecular flexibility index (Phi) is 5.54. The van der Waals surface area contributed by atoms with Crippen molar-refractivity contribution in [3.05, 3.63) is 62.6 Å². The van der Waals surface area contributed by atoms with Crippen LogP contribution >= 0.6 is 0 Å². The predicted octanol–water partition coefficient (Wildman–Crippen LogP) is 0.409. The van der Waals surface area contributed by atoms with Crippen molar-refractivity contribution in [2.24, 2.45) is 14.1 Å². The van der Waals surface area contributed by atoms with Crippen LogP contribution in [0.2, 0.25) is 0 Å². The first-order chi connectivity index (χ1) is 13.0. The average Bonchev–Trinajstić information content (AvgIpc) is 3.21. The molecular weight excluding hydrogens is 346 g/mol. The number of aryl methyl sites for hydroxylation is 1. The second-order valence-electron chi connectivity index (χ2n) is 6.61. The molecule has 0 unspecified atom stereocenters. The Morgan fingerprint density at radius 1 is 1.22 bits per heavy atom. The SMILES string of the molecule is Cn1cc(/C=C/C(=O)NCc2ccc(N3CCCC3)nc2)c(=O)n(C)c1=O. The maximum atomic E-state index is 12.0. The summed E-state index contributed by atoms with van der Waals surface area (Å²) >= 11 is 0. The van der Waals surface area contributed by atoms with Crippen LogP contribution < -0.4 is 21.5 Å². The van der Waals surface area contributed by atoms with Crippen LogP contribution in [0.15, 0.2) is 40.2 Å². The monoisotopic (exact) mass is 369 g/mol. The summed E-state index contributed by atoms with van der Waals surface area (Å²) in [7, 11) is 2.96. The Labute approximate surface area is 156 Å². The van der Waals surface area contributed by atoms with Gasteiger partial charge in [0.2, 0.25) is 5.91 Å². The zero-order valence-corrected chi connectivity index (χ0v) is 15.5. The number of anilines is 1. The molecule has 1 aliphatic rings. The first-order valence-corrected chi connectivity index (χ1v) is 8.88. The topological polar surface area (TPSA) is 89.2 Å². The van der Waals surface area contributed by atoms with Crippen molar-refractivity contribution in [2.75, 3.05) is 18.0 Å². The smallest absolute Gasteiger partial charge is 0.330 e. The van der Waals surface area contributed by atoms with Crippen LogP contribution in [0.1, 0.15) is 24.0 Å². The largest absolute Gasteiger partial charge is 0.357 e. The number of carbonyl (C=O) groups excluding carboxylic acids is 1. The fourth-order valence-corrected chi connectivity index (χ4v) is 3.02. The van der Waals surface area contributed by atoms with E-state index < -0.39 is 11.2 Å². The predicted molar refractivity (Wildman–Crippen MR) is 103 cm³/mol. The van der Waals surface area contributed by atoms with Gasteiger partial charge >= 0.3 is 5.69 Å². The molecule has 2 aromatic heterocycles. The van der Waals surface area contributed by atoms with Crippen molar-refractivity contribution in [1.82, 2.24) is 19.4 Å². The van der Waals surface area contributed by atoms with Crippen molar-refractivity contribution in [2.45, 2.75) is 19.4 Å². The molecule has 3 heterocycles. The van der Waals surface area contributed by atoms with Crippen LogP contribution in [-0.4, -0.2) is 33.1 Å². The number of hydrogen-bond acceptors (Lipinski definition) is 5. The molecule has 0 spiro atoms. The van der Waals surface area contributed by atoms with Gasteiger partial charge in [0, 0.05) is 52.2 Å². The lowest BCUT2D eigenvalue weighted by Crippen LogP contribution is -2.37. The molecule has 0 atom stereocenters. The lowest BCUT2D eigenvalue weighted by Gasteiger charge is -2.16. The molecule has 2 aromatic rings. The summed E-state index contributed by atoms with van der Waals surface area (Å²) in [6.07, 6.45) is 8.27. The molecule has 0 saturated carbocycles. The van der Waals surface area contributed by atoms with E-state index in [1.807, 2.05) is 12.1 Å². The summed E-state index contributed by atoms with van der Waals surface area (Å²) < 4.78 is 2.30. The molecule has 8 heteroatoms. The second kappa shape index (κ2) is 8.03. The van der Waals surface area contributed by atoms with Gasteiger partial charge in [-0.15, -0.1) is 0 Å². The molecule has 1 N–H and O–H groups in total. The number of aromatic nitrogens is 3. The van der Waals surface area contributed by atoms with E-state index in [1.54, 1.807) is 13.2 Å². The van der Waals surface area contributed by atoms with Gasteiger partial charge in [-0.05, 0) is 30.5 Å². The van der Waals surface area contributed by atoms with E-state index in [1.165, 1.54) is 42.8 Å². The Hall–Kier alpha value is -3.16. The number of hydrogen-bond donors (Lipinski definition) is 1. The fraction of sp³-hybridized carbons (Fsp3) is 0.368. The minimum Gasteiger partial charge on any atom is -0.357 e. The van der Waals surface area contributed by atoms with Gasteiger partial charge in [-0.1, -0.05) is 6.07 Å². The van der Waals surface area contributed by atoms with Crippen molar-refractivity contribution >= 4 is 17.8 Å². The van der Waals surface area contributed by atoms with Crippen molar-refractivity contribution in [3.8, 4) is 0 Å². The van der Waals surface area contributed by atoms with Crippen LogP contribution in [0.25, 0.3) is 6.08 Å². The Morgan fingerprint density at radius 3 is 2.63 bits per heavy atom. The molecule has 1 aliphatic heterocycles. The number of carbonyl (C=O) groups is 1. The minimum absolute atomic E-state index is 0.270. The lowest BCUT2D eigenvalue weighted by molar-refractivity contribution is -0.116. The van der Waals surface area contributed by atoms with Gasteiger partial charge in [0.05, 0.1) is 5.56 Å². The highest BCUT2D eigenvalue weighted by molar-refractivity contribution is 5.91. The molecule has 1 fully saturated rings. The van der Waals surface area contributed by atoms with Crippen molar-refractivity contribution < 1.29 is 4.79 Å². The molecule has 0 aromatic carbocycles. The van der Waals surface area contributed by atoms with Crippen LogP contribution in [0.5, 0.6) is 0 Å². The summed E-state index contributed by atoms with van der Waals surface area (Å²) in [4.78, 5) is 42.4. The highest BCUT2D eigenvalue weighted by Crippen LogP contribution is 2.17. The molecule has 8 nitrogen and oxygen atoms in total. The Balaban J connectivity index is 1.59. The quantitative estimate of drug-likeness (QED) is 0.771. The molecule has 3 rings (SSSR count). The van der Waals surface area contributed by atoms with Gasteiger partial charge in [0.25, 0.3) is 5.56 Å².